The molecule has 11 heteroatoms. The zero-order chi connectivity index (χ0) is 29.4. The lowest BCUT2D eigenvalue weighted by molar-refractivity contribution is -0.140. The van der Waals surface area contributed by atoms with E-state index in [0.29, 0.717) is 17.7 Å². The zero-order valence-electron chi connectivity index (χ0n) is 22.3. The van der Waals surface area contributed by atoms with Crippen LogP contribution in [0.15, 0.2) is 54.1 Å². The van der Waals surface area contributed by atoms with Crippen molar-refractivity contribution in [2.45, 2.75) is 41.9 Å². The number of phenolic OH excluding ortho intramolecular Hbond substituents is 1. The minimum Gasteiger partial charge on any atom is -0.508 e. The van der Waals surface area contributed by atoms with Crippen LogP contribution in [0, 0.1) is 23.6 Å². The summed E-state index contributed by atoms with van der Waals surface area (Å²) in [7, 11) is 1.44. The normalized spacial score (nSPS) is 32.6. The van der Waals surface area contributed by atoms with E-state index in [4.69, 9.17) is 27.9 Å². The van der Waals surface area contributed by atoms with Gasteiger partial charge in [0.05, 0.1) is 24.6 Å². The van der Waals surface area contributed by atoms with Crippen LogP contribution >= 0.6 is 23.2 Å². The number of fused-ring (bicyclic) bond motifs is 4. The van der Waals surface area contributed by atoms with E-state index in [1.807, 2.05) is 6.92 Å². The summed E-state index contributed by atoms with van der Waals surface area (Å²) >= 11 is 14.5. The molecule has 2 heterocycles. The molecule has 41 heavy (non-hydrogen) atoms. The Morgan fingerprint density at radius 2 is 1.73 bits per heavy atom. The molecule has 214 valence electrons. The number of carbonyl (C=O) groups excluding carboxylic acids is 4. The maximum absolute atomic E-state index is 14.3. The van der Waals surface area contributed by atoms with Crippen molar-refractivity contribution in [1.82, 2.24) is 4.90 Å². The minimum atomic E-state index is -2.12. The summed E-state index contributed by atoms with van der Waals surface area (Å²) in [6.07, 6.45) is 2.45. The second kappa shape index (κ2) is 9.56. The Morgan fingerprint density at radius 3 is 2.37 bits per heavy atom. The number of carbonyl (C=O) groups is 4. The molecule has 2 saturated heterocycles. The molecule has 0 spiro atoms. The SMILES string of the molecule is CCCN1C(=O)C2CC=C3C(CC4(Cl)C(=O)N(c5ccc(F)cc5)C(=O)C4(Cl)C3c3ccc(OC)cc3O)C2C1=O. The number of imide groups is 2. The Balaban J connectivity index is 1.56. The van der Waals surface area contributed by atoms with E-state index in [1.54, 1.807) is 18.2 Å². The second-order valence-corrected chi connectivity index (χ2v) is 12.2. The van der Waals surface area contributed by atoms with Crippen LogP contribution < -0.4 is 9.64 Å². The van der Waals surface area contributed by atoms with Gasteiger partial charge in [-0.15, -0.1) is 23.2 Å². The van der Waals surface area contributed by atoms with Gasteiger partial charge >= 0.3 is 0 Å². The maximum atomic E-state index is 14.3. The van der Waals surface area contributed by atoms with Gasteiger partial charge in [-0.1, -0.05) is 24.6 Å². The van der Waals surface area contributed by atoms with E-state index in [9.17, 15) is 28.7 Å². The first-order valence-electron chi connectivity index (χ1n) is 13.4. The molecule has 6 atom stereocenters. The summed E-state index contributed by atoms with van der Waals surface area (Å²) in [6.45, 7) is 2.15. The molecule has 0 bridgehead atoms. The average Bonchev–Trinajstić information content (AvgIpc) is 3.28. The molecule has 1 saturated carbocycles. The summed E-state index contributed by atoms with van der Waals surface area (Å²) in [6, 6.07) is 9.31. The van der Waals surface area contributed by atoms with Crippen molar-refractivity contribution in [2.75, 3.05) is 18.6 Å². The molecule has 8 nitrogen and oxygen atoms in total. The number of methoxy groups -OCH3 is 1. The number of alkyl halides is 2. The van der Waals surface area contributed by atoms with Gasteiger partial charge in [0.25, 0.3) is 11.8 Å². The smallest absolute Gasteiger partial charge is 0.258 e. The molecule has 0 aromatic heterocycles. The van der Waals surface area contributed by atoms with Crippen LogP contribution in [0.1, 0.15) is 37.7 Å². The molecule has 1 N–H and O–H groups in total. The second-order valence-electron chi connectivity index (χ2n) is 11.0. The van der Waals surface area contributed by atoms with E-state index < -0.39 is 51.1 Å². The predicted molar refractivity (Wildman–Crippen MR) is 148 cm³/mol. The lowest BCUT2D eigenvalue weighted by atomic mass is 9.56. The quantitative estimate of drug-likeness (QED) is 0.307. The van der Waals surface area contributed by atoms with E-state index in [-0.39, 0.29) is 48.2 Å². The van der Waals surface area contributed by atoms with Crippen molar-refractivity contribution in [3.63, 3.8) is 0 Å². The van der Waals surface area contributed by atoms with Crippen molar-refractivity contribution in [2.24, 2.45) is 17.8 Å². The number of anilines is 1. The van der Waals surface area contributed by atoms with Crippen molar-refractivity contribution < 1.29 is 33.4 Å². The Labute approximate surface area is 245 Å². The number of benzene rings is 2. The van der Waals surface area contributed by atoms with Crippen LogP contribution in [0.2, 0.25) is 0 Å². The maximum Gasteiger partial charge on any atom is 0.258 e. The molecule has 6 unspecified atom stereocenters. The van der Waals surface area contributed by atoms with E-state index in [0.717, 1.165) is 17.0 Å². The molecule has 2 aromatic carbocycles. The number of allylic oxidation sites excluding steroid dienone is 2. The number of hydrogen-bond donors (Lipinski definition) is 1. The number of hydrogen-bond acceptors (Lipinski definition) is 6. The first-order chi connectivity index (χ1) is 19.5. The molecule has 2 aliphatic heterocycles. The highest BCUT2D eigenvalue weighted by atomic mass is 35.5. The molecule has 3 fully saturated rings. The van der Waals surface area contributed by atoms with Crippen molar-refractivity contribution in [3.05, 3.63) is 65.5 Å². The summed E-state index contributed by atoms with van der Waals surface area (Å²) in [5, 5.41) is 11.2. The van der Waals surface area contributed by atoms with Crippen LogP contribution in [0.4, 0.5) is 10.1 Å². The third kappa shape index (κ3) is 3.64. The summed E-state index contributed by atoms with van der Waals surface area (Å²) < 4.78 is 19.0. The van der Waals surface area contributed by atoms with E-state index in [2.05, 4.69) is 0 Å². The van der Waals surface area contributed by atoms with Crippen LogP contribution in [0.3, 0.4) is 0 Å². The van der Waals surface area contributed by atoms with Crippen molar-refractivity contribution >= 4 is 52.5 Å². The Kier molecular flexibility index (Phi) is 6.46. The lowest BCUT2D eigenvalue weighted by Gasteiger charge is -2.50. The summed E-state index contributed by atoms with van der Waals surface area (Å²) in [5.41, 5.74) is 0.883. The zero-order valence-corrected chi connectivity index (χ0v) is 23.8. The van der Waals surface area contributed by atoms with Gasteiger partial charge in [-0.05, 0) is 55.5 Å². The molecule has 2 aliphatic carbocycles. The van der Waals surface area contributed by atoms with Crippen LogP contribution in [-0.2, 0) is 19.2 Å². The Hall–Kier alpha value is -3.43. The summed E-state index contributed by atoms with van der Waals surface area (Å²) in [4.78, 5) is 53.3. The first kappa shape index (κ1) is 27.7. The van der Waals surface area contributed by atoms with Crippen LogP contribution in [0.5, 0.6) is 11.5 Å². The number of aromatic hydroxyl groups is 1. The number of nitrogens with zero attached hydrogens (tertiary/aromatic N) is 2. The van der Waals surface area contributed by atoms with Gasteiger partial charge in [0.15, 0.2) is 9.75 Å². The molecule has 2 aromatic rings. The van der Waals surface area contributed by atoms with Crippen molar-refractivity contribution in [3.8, 4) is 11.5 Å². The topological polar surface area (TPSA) is 104 Å². The lowest BCUT2D eigenvalue weighted by Crippen LogP contribution is -2.60. The molecule has 6 rings (SSSR count). The molecule has 4 aliphatic rings. The molecule has 4 amide bonds. The monoisotopic (exact) mass is 600 g/mol. The minimum absolute atomic E-state index is 0.0876. The number of likely N-dealkylation sites (tertiary alicyclic amines) is 1. The number of phenols is 1. The van der Waals surface area contributed by atoms with Gasteiger partial charge in [0.2, 0.25) is 11.8 Å². The van der Waals surface area contributed by atoms with Gasteiger partial charge in [0, 0.05) is 24.1 Å². The fourth-order valence-corrected chi connectivity index (χ4v) is 8.07. The van der Waals surface area contributed by atoms with Crippen molar-refractivity contribution in [1.29, 1.82) is 0 Å². The molecular formula is C30H27Cl2FN2O6. The van der Waals surface area contributed by atoms with E-state index >= 15 is 0 Å². The number of halogens is 3. The Bertz CT molecular complexity index is 1530. The number of rotatable bonds is 5. The van der Waals surface area contributed by atoms with Gasteiger partial charge in [0.1, 0.15) is 17.3 Å². The van der Waals surface area contributed by atoms with E-state index in [1.165, 1.54) is 30.2 Å². The standard InChI is InChI=1S/C30H27Cl2FN2O6/c1-3-12-34-25(37)20-11-10-18-21(23(20)26(34)38)14-29(31)27(39)35(16-6-4-15(33)5-7-16)28(40)30(29,32)24(18)19-9-8-17(41-2)13-22(19)36/h4-10,13,20-21,23-24,36H,3,11-12,14H2,1-2H3. The highest BCUT2D eigenvalue weighted by Crippen LogP contribution is 2.66. The van der Waals surface area contributed by atoms with Gasteiger partial charge in [-0.2, -0.15) is 0 Å². The third-order valence-corrected chi connectivity index (χ3v) is 10.4. The Morgan fingerprint density at radius 1 is 1.02 bits per heavy atom. The predicted octanol–water partition coefficient (Wildman–Crippen LogP) is 4.51. The molecule has 0 radical (unpaired) electrons. The average molecular weight is 601 g/mol. The number of amides is 4. The van der Waals surface area contributed by atoms with Crippen LogP contribution in [0.25, 0.3) is 0 Å². The number of ether oxygens (including phenoxy) is 1. The fourth-order valence-electron chi connectivity index (χ4n) is 7.15. The third-order valence-electron chi connectivity index (χ3n) is 8.98. The van der Waals surface area contributed by atoms with Crippen LogP contribution in [-0.4, -0.2) is 57.0 Å². The highest BCUT2D eigenvalue weighted by Gasteiger charge is 2.76. The van der Waals surface area contributed by atoms with Gasteiger partial charge in [-0.3, -0.25) is 24.1 Å². The fraction of sp³-hybridized carbons (Fsp3) is 0.400. The highest BCUT2D eigenvalue weighted by molar-refractivity contribution is 6.58. The van der Waals surface area contributed by atoms with Gasteiger partial charge in [-0.25, -0.2) is 9.29 Å². The molecular weight excluding hydrogens is 574 g/mol. The largest absolute Gasteiger partial charge is 0.508 e. The first-order valence-corrected chi connectivity index (χ1v) is 14.2. The van der Waals surface area contributed by atoms with Gasteiger partial charge < -0.3 is 9.84 Å². The summed E-state index contributed by atoms with van der Waals surface area (Å²) in [5.74, 6) is -5.95.